The number of amides is 1. The van der Waals surface area contributed by atoms with Crippen LogP contribution in [0, 0.1) is 15.5 Å². The van der Waals surface area contributed by atoms with Crippen molar-refractivity contribution < 1.29 is 19.6 Å². The fourth-order valence-corrected chi connectivity index (χ4v) is 2.80. The molecule has 1 aliphatic heterocycles. The molecule has 9 nitrogen and oxygen atoms in total. The van der Waals surface area contributed by atoms with Gasteiger partial charge < -0.3 is 20.1 Å². The molecule has 1 aliphatic rings. The first-order valence-corrected chi connectivity index (χ1v) is 8.10. The summed E-state index contributed by atoms with van der Waals surface area (Å²) in [5.74, 6) is 0. The Labute approximate surface area is 146 Å². The molecule has 1 fully saturated rings. The van der Waals surface area contributed by atoms with Gasteiger partial charge in [-0.05, 0) is 17.9 Å². The molecule has 2 atom stereocenters. The standard InChI is InChI=1S/C16H24N4O5/c1-16(2,3)10-25-12-6-11(18-15(21)22)8-19(9-12)13-4-5-17-7-14(13)20(23)24/h4-5,7,11-12,18H,6,8-10H2,1-3H3,(H,21,22)/t11-,12+/m0/s1. The van der Waals surface area contributed by atoms with E-state index in [2.05, 4.69) is 10.3 Å². The van der Waals surface area contributed by atoms with Crippen LogP contribution in [0.15, 0.2) is 18.5 Å². The number of carbonyl (C=O) groups is 1. The van der Waals surface area contributed by atoms with Crippen LogP contribution in [0.2, 0.25) is 0 Å². The molecule has 9 heteroatoms. The smallest absolute Gasteiger partial charge is 0.404 e. The maximum absolute atomic E-state index is 11.3. The third kappa shape index (κ3) is 5.56. The number of nitrogens with zero attached hydrogens (tertiary/aromatic N) is 3. The topological polar surface area (TPSA) is 118 Å². The molecule has 1 saturated heterocycles. The molecular formula is C16H24N4O5. The summed E-state index contributed by atoms with van der Waals surface area (Å²) in [5, 5.41) is 22.7. The molecule has 2 heterocycles. The summed E-state index contributed by atoms with van der Waals surface area (Å²) in [7, 11) is 0. The maximum Gasteiger partial charge on any atom is 0.404 e. The summed E-state index contributed by atoms with van der Waals surface area (Å²) in [6.07, 6.45) is 1.87. The predicted octanol–water partition coefficient (Wildman–Crippen LogP) is 2.27. The second-order valence-corrected chi connectivity index (χ2v) is 7.40. The minimum absolute atomic E-state index is 0.0271. The Morgan fingerprint density at radius 1 is 1.52 bits per heavy atom. The summed E-state index contributed by atoms with van der Waals surface area (Å²) in [4.78, 5) is 27.4. The average Bonchev–Trinajstić information content (AvgIpc) is 2.51. The van der Waals surface area contributed by atoms with E-state index in [1.165, 1.54) is 12.4 Å². The van der Waals surface area contributed by atoms with Crippen LogP contribution in [0.3, 0.4) is 0 Å². The molecule has 0 saturated carbocycles. The Hall–Kier alpha value is -2.42. The van der Waals surface area contributed by atoms with Gasteiger partial charge in [-0.1, -0.05) is 20.8 Å². The van der Waals surface area contributed by atoms with Gasteiger partial charge in [0.25, 0.3) is 0 Å². The number of pyridine rings is 1. The Balaban J connectivity index is 2.21. The van der Waals surface area contributed by atoms with Crippen molar-refractivity contribution in [2.24, 2.45) is 5.41 Å². The monoisotopic (exact) mass is 352 g/mol. The number of hydrogen-bond acceptors (Lipinski definition) is 6. The molecule has 1 amide bonds. The lowest BCUT2D eigenvalue weighted by Crippen LogP contribution is -2.53. The molecule has 0 radical (unpaired) electrons. The van der Waals surface area contributed by atoms with E-state index >= 15 is 0 Å². The number of aromatic nitrogens is 1. The van der Waals surface area contributed by atoms with Gasteiger partial charge in [-0.2, -0.15) is 0 Å². The van der Waals surface area contributed by atoms with Gasteiger partial charge in [-0.3, -0.25) is 15.1 Å². The van der Waals surface area contributed by atoms with E-state index < -0.39 is 11.0 Å². The average molecular weight is 352 g/mol. The first-order valence-electron chi connectivity index (χ1n) is 8.10. The molecule has 0 spiro atoms. The van der Waals surface area contributed by atoms with Crippen molar-refractivity contribution in [2.45, 2.75) is 39.3 Å². The lowest BCUT2D eigenvalue weighted by Gasteiger charge is -2.39. The lowest BCUT2D eigenvalue weighted by molar-refractivity contribution is -0.384. The fourth-order valence-electron chi connectivity index (χ4n) is 2.80. The molecule has 0 aliphatic carbocycles. The molecule has 0 unspecified atom stereocenters. The molecule has 1 aromatic rings. The SMILES string of the molecule is CC(C)(C)CO[C@@H]1C[C@H](NC(=O)O)CN(c2ccncc2[N+](=O)[O-])C1. The van der Waals surface area contributed by atoms with Gasteiger partial charge in [0.05, 0.1) is 23.7 Å². The number of carboxylic acid groups (broad SMARTS) is 1. The third-order valence-corrected chi connectivity index (χ3v) is 3.81. The molecule has 0 aromatic carbocycles. The van der Waals surface area contributed by atoms with Crippen molar-refractivity contribution in [1.29, 1.82) is 0 Å². The van der Waals surface area contributed by atoms with Gasteiger partial charge in [0, 0.05) is 19.3 Å². The molecule has 138 valence electrons. The van der Waals surface area contributed by atoms with Crippen molar-refractivity contribution >= 4 is 17.5 Å². The van der Waals surface area contributed by atoms with Gasteiger partial charge in [0.1, 0.15) is 11.9 Å². The van der Waals surface area contributed by atoms with Crippen LogP contribution >= 0.6 is 0 Å². The van der Waals surface area contributed by atoms with Crippen LogP contribution in [-0.4, -0.2) is 52.9 Å². The number of nitrogens with one attached hydrogen (secondary N) is 1. The largest absolute Gasteiger partial charge is 0.465 e. The minimum Gasteiger partial charge on any atom is -0.465 e. The summed E-state index contributed by atoms with van der Waals surface area (Å²) in [6, 6.07) is 1.20. The Morgan fingerprint density at radius 2 is 2.24 bits per heavy atom. The number of rotatable bonds is 5. The number of piperidine rings is 1. The van der Waals surface area contributed by atoms with Crippen LogP contribution < -0.4 is 10.2 Å². The molecule has 1 aromatic heterocycles. The van der Waals surface area contributed by atoms with Crippen molar-refractivity contribution in [3.8, 4) is 0 Å². The van der Waals surface area contributed by atoms with Crippen molar-refractivity contribution in [1.82, 2.24) is 10.3 Å². The van der Waals surface area contributed by atoms with E-state index in [0.29, 0.717) is 31.8 Å². The summed E-state index contributed by atoms with van der Waals surface area (Å²) in [6.45, 7) is 7.46. The predicted molar refractivity (Wildman–Crippen MR) is 91.9 cm³/mol. The van der Waals surface area contributed by atoms with E-state index in [-0.39, 0.29) is 23.2 Å². The van der Waals surface area contributed by atoms with E-state index in [1.807, 2.05) is 20.8 Å². The molecule has 25 heavy (non-hydrogen) atoms. The Kier molecular flexibility index (Phi) is 5.78. The number of nitro groups is 1. The van der Waals surface area contributed by atoms with Crippen LogP contribution in [0.1, 0.15) is 27.2 Å². The summed E-state index contributed by atoms with van der Waals surface area (Å²) >= 11 is 0. The van der Waals surface area contributed by atoms with Crippen LogP contribution in [-0.2, 0) is 4.74 Å². The van der Waals surface area contributed by atoms with E-state index in [1.54, 1.807) is 11.0 Å². The summed E-state index contributed by atoms with van der Waals surface area (Å²) in [5.41, 5.74) is 0.287. The van der Waals surface area contributed by atoms with Gasteiger partial charge in [-0.25, -0.2) is 4.79 Å². The highest BCUT2D eigenvalue weighted by Gasteiger charge is 2.32. The zero-order valence-corrected chi connectivity index (χ0v) is 14.6. The lowest BCUT2D eigenvalue weighted by atomic mass is 9.97. The number of hydrogen-bond donors (Lipinski definition) is 2. The zero-order valence-electron chi connectivity index (χ0n) is 14.6. The summed E-state index contributed by atoms with van der Waals surface area (Å²) < 4.78 is 5.95. The van der Waals surface area contributed by atoms with Gasteiger partial charge in [0.15, 0.2) is 0 Å². The third-order valence-electron chi connectivity index (χ3n) is 3.81. The van der Waals surface area contributed by atoms with E-state index in [0.717, 1.165) is 0 Å². The van der Waals surface area contributed by atoms with Crippen LogP contribution in [0.5, 0.6) is 0 Å². The Morgan fingerprint density at radius 3 is 2.84 bits per heavy atom. The first-order chi connectivity index (χ1) is 11.7. The van der Waals surface area contributed by atoms with E-state index in [4.69, 9.17) is 9.84 Å². The zero-order chi connectivity index (χ0) is 18.6. The molecule has 0 bridgehead atoms. The quantitative estimate of drug-likeness (QED) is 0.616. The van der Waals surface area contributed by atoms with Gasteiger partial charge >= 0.3 is 11.8 Å². The van der Waals surface area contributed by atoms with Crippen molar-refractivity contribution in [2.75, 3.05) is 24.6 Å². The van der Waals surface area contributed by atoms with Crippen LogP contribution in [0.4, 0.5) is 16.2 Å². The van der Waals surface area contributed by atoms with Crippen molar-refractivity contribution in [3.05, 3.63) is 28.6 Å². The second kappa shape index (κ2) is 7.64. The minimum atomic E-state index is -1.12. The highest BCUT2D eigenvalue weighted by atomic mass is 16.6. The fraction of sp³-hybridized carbons (Fsp3) is 0.625. The first kappa shape index (κ1) is 18.9. The van der Waals surface area contributed by atoms with Gasteiger partial charge in [-0.15, -0.1) is 0 Å². The number of ether oxygens (including phenoxy) is 1. The molecule has 2 rings (SSSR count). The van der Waals surface area contributed by atoms with E-state index in [9.17, 15) is 14.9 Å². The molecular weight excluding hydrogens is 328 g/mol. The highest BCUT2D eigenvalue weighted by Crippen LogP contribution is 2.30. The highest BCUT2D eigenvalue weighted by molar-refractivity contribution is 5.66. The van der Waals surface area contributed by atoms with Gasteiger partial charge in [0.2, 0.25) is 0 Å². The Bertz CT molecular complexity index is 631. The normalized spacial score (nSPS) is 21.0. The maximum atomic E-state index is 11.3. The molecule has 2 N–H and O–H groups in total. The number of anilines is 1. The van der Waals surface area contributed by atoms with Crippen molar-refractivity contribution in [3.63, 3.8) is 0 Å². The van der Waals surface area contributed by atoms with Crippen LogP contribution in [0.25, 0.3) is 0 Å². The second-order valence-electron chi connectivity index (χ2n) is 7.40.